The van der Waals surface area contributed by atoms with Crippen LogP contribution in [0.2, 0.25) is 0 Å². The Balaban J connectivity index is 3.68. The fourth-order valence-corrected chi connectivity index (χ4v) is 2.06. The van der Waals surface area contributed by atoms with E-state index in [2.05, 4.69) is 46.9 Å². The zero-order valence-electron chi connectivity index (χ0n) is 12.8. The van der Waals surface area contributed by atoms with Gasteiger partial charge >= 0.3 is 0 Å². The minimum absolute atomic E-state index is 0.636. The zero-order chi connectivity index (χ0) is 13.3. The van der Waals surface area contributed by atoms with Gasteiger partial charge in [0, 0.05) is 19.2 Å². The van der Waals surface area contributed by atoms with Crippen LogP contribution in [0.4, 0.5) is 0 Å². The molecule has 0 aromatic carbocycles. The first-order chi connectivity index (χ1) is 7.91. The van der Waals surface area contributed by atoms with Crippen molar-refractivity contribution in [3.8, 4) is 0 Å². The molecule has 104 valence electrons. The van der Waals surface area contributed by atoms with Crippen molar-refractivity contribution < 1.29 is 4.74 Å². The molecule has 0 saturated heterocycles. The standard InChI is InChI=1S/C15H33NO/c1-12(2)9-15(10-13(3)4)16-7-8-17-11-14(5)6/h12-16H,7-11H2,1-6H3. The summed E-state index contributed by atoms with van der Waals surface area (Å²) in [5.41, 5.74) is 0. The Morgan fingerprint density at radius 3 is 1.76 bits per heavy atom. The largest absolute Gasteiger partial charge is 0.380 e. The van der Waals surface area contributed by atoms with Crippen LogP contribution >= 0.6 is 0 Å². The van der Waals surface area contributed by atoms with Crippen molar-refractivity contribution in [2.75, 3.05) is 19.8 Å². The van der Waals surface area contributed by atoms with Gasteiger partial charge in [0.25, 0.3) is 0 Å². The maximum absolute atomic E-state index is 5.59. The average molecular weight is 243 g/mol. The van der Waals surface area contributed by atoms with E-state index in [0.717, 1.165) is 31.6 Å². The predicted molar refractivity (Wildman–Crippen MR) is 76.4 cm³/mol. The minimum Gasteiger partial charge on any atom is -0.380 e. The van der Waals surface area contributed by atoms with Gasteiger partial charge < -0.3 is 10.1 Å². The van der Waals surface area contributed by atoms with Crippen LogP contribution in [0.25, 0.3) is 0 Å². The van der Waals surface area contributed by atoms with Crippen molar-refractivity contribution in [3.05, 3.63) is 0 Å². The molecule has 0 saturated carbocycles. The van der Waals surface area contributed by atoms with Crippen molar-refractivity contribution in [1.29, 1.82) is 0 Å². The van der Waals surface area contributed by atoms with E-state index in [9.17, 15) is 0 Å². The highest BCUT2D eigenvalue weighted by Gasteiger charge is 2.11. The van der Waals surface area contributed by atoms with Crippen molar-refractivity contribution in [2.45, 2.75) is 60.4 Å². The van der Waals surface area contributed by atoms with Crippen LogP contribution in [0.15, 0.2) is 0 Å². The van der Waals surface area contributed by atoms with Crippen molar-refractivity contribution in [1.82, 2.24) is 5.32 Å². The van der Waals surface area contributed by atoms with Gasteiger partial charge in [0.15, 0.2) is 0 Å². The van der Waals surface area contributed by atoms with E-state index in [1.54, 1.807) is 0 Å². The van der Waals surface area contributed by atoms with Gasteiger partial charge in [-0.05, 0) is 30.6 Å². The topological polar surface area (TPSA) is 21.3 Å². The smallest absolute Gasteiger partial charge is 0.0591 e. The Labute approximate surface area is 109 Å². The summed E-state index contributed by atoms with van der Waals surface area (Å²) in [4.78, 5) is 0. The molecule has 0 aliphatic heterocycles. The molecule has 0 bridgehead atoms. The van der Waals surface area contributed by atoms with Crippen LogP contribution < -0.4 is 5.32 Å². The molecule has 17 heavy (non-hydrogen) atoms. The summed E-state index contributed by atoms with van der Waals surface area (Å²) in [6, 6.07) is 0.651. The number of hydrogen-bond acceptors (Lipinski definition) is 2. The first-order valence-corrected chi connectivity index (χ1v) is 7.22. The average Bonchev–Trinajstić information content (AvgIpc) is 2.14. The second kappa shape index (κ2) is 9.90. The highest BCUT2D eigenvalue weighted by Crippen LogP contribution is 2.12. The molecule has 1 N–H and O–H groups in total. The molecule has 2 nitrogen and oxygen atoms in total. The summed E-state index contributed by atoms with van der Waals surface area (Å²) in [7, 11) is 0. The molecule has 0 aromatic heterocycles. The quantitative estimate of drug-likeness (QED) is 0.591. The molecule has 2 heteroatoms. The number of hydrogen-bond donors (Lipinski definition) is 1. The Morgan fingerprint density at radius 2 is 1.35 bits per heavy atom. The van der Waals surface area contributed by atoms with Gasteiger partial charge in [0.05, 0.1) is 6.61 Å². The number of rotatable bonds is 10. The van der Waals surface area contributed by atoms with Crippen LogP contribution in [-0.2, 0) is 4.74 Å². The fraction of sp³-hybridized carbons (Fsp3) is 1.00. The molecule has 0 aliphatic carbocycles. The molecular weight excluding hydrogens is 210 g/mol. The van der Waals surface area contributed by atoms with Crippen LogP contribution in [0.5, 0.6) is 0 Å². The Kier molecular flexibility index (Phi) is 9.85. The van der Waals surface area contributed by atoms with Gasteiger partial charge in [-0.15, -0.1) is 0 Å². The molecule has 0 heterocycles. The summed E-state index contributed by atoms with van der Waals surface area (Å²) < 4.78 is 5.59. The molecular formula is C15H33NO. The third kappa shape index (κ3) is 12.2. The lowest BCUT2D eigenvalue weighted by molar-refractivity contribution is 0.108. The molecule has 0 radical (unpaired) electrons. The molecule has 0 unspecified atom stereocenters. The maximum atomic E-state index is 5.59. The number of ether oxygens (including phenoxy) is 1. The molecule has 0 aliphatic rings. The second-order valence-corrected chi connectivity index (χ2v) is 6.38. The normalized spacial score (nSPS) is 12.4. The second-order valence-electron chi connectivity index (χ2n) is 6.38. The Morgan fingerprint density at radius 1 is 0.824 bits per heavy atom. The van der Waals surface area contributed by atoms with E-state index in [1.165, 1.54) is 12.8 Å². The van der Waals surface area contributed by atoms with E-state index >= 15 is 0 Å². The molecule has 0 amide bonds. The molecule has 0 fully saturated rings. The molecule has 0 rings (SSSR count). The third-order valence-electron chi connectivity index (χ3n) is 2.64. The van der Waals surface area contributed by atoms with Gasteiger partial charge in [-0.3, -0.25) is 0 Å². The van der Waals surface area contributed by atoms with Crippen molar-refractivity contribution >= 4 is 0 Å². The van der Waals surface area contributed by atoms with Crippen molar-refractivity contribution in [2.24, 2.45) is 17.8 Å². The first kappa shape index (κ1) is 16.9. The third-order valence-corrected chi connectivity index (χ3v) is 2.64. The summed E-state index contributed by atoms with van der Waals surface area (Å²) in [5, 5.41) is 3.63. The van der Waals surface area contributed by atoms with E-state index in [1.807, 2.05) is 0 Å². The van der Waals surface area contributed by atoms with Gasteiger partial charge in [-0.25, -0.2) is 0 Å². The van der Waals surface area contributed by atoms with E-state index in [-0.39, 0.29) is 0 Å². The van der Waals surface area contributed by atoms with E-state index in [4.69, 9.17) is 4.74 Å². The predicted octanol–water partition coefficient (Wildman–Crippen LogP) is 3.71. The first-order valence-electron chi connectivity index (χ1n) is 7.22. The fourth-order valence-electron chi connectivity index (χ4n) is 2.06. The van der Waals surface area contributed by atoms with Gasteiger partial charge in [0.2, 0.25) is 0 Å². The zero-order valence-corrected chi connectivity index (χ0v) is 12.8. The molecule has 0 atom stereocenters. The Bertz CT molecular complexity index is 156. The van der Waals surface area contributed by atoms with Crippen LogP contribution in [0.1, 0.15) is 54.4 Å². The summed E-state index contributed by atoms with van der Waals surface area (Å²) in [6.45, 7) is 16.3. The lowest BCUT2D eigenvalue weighted by Crippen LogP contribution is -2.34. The minimum atomic E-state index is 0.636. The van der Waals surface area contributed by atoms with E-state index < -0.39 is 0 Å². The SMILES string of the molecule is CC(C)COCCNC(CC(C)C)CC(C)C. The summed E-state index contributed by atoms with van der Waals surface area (Å²) in [5.74, 6) is 2.17. The van der Waals surface area contributed by atoms with Crippen LogP contribution in [-0.4, -0.2) is 25.8 Å². The highest BCUT2D eigenvalue weighted by atomic mass is 16.5. The molecule has 0 aromatic rings. The van der Waals surface area contributed by atoms with Crippen LogP contribution in [0.3, 0.4) is 0 Å². The summed E-state index contributed by atoms with van der Waals surface area (Å²) in [6.07, 6.45) is 2.53. The lowest BCUT2D eigenvalue weighted by atomic mass is 9.96. The monoisotopic (exact) mass is 243 g/mol. The molecule has 0 spiro atoms. The van der Waals surface area contributed by atoms with Crippen LogP contribution in [0, 0.1) is 17.8 Å². The Hall–Kier alpha value is -0.0800. The van der Waals surface area contributed by atoms with Gasteiger partial charge in [0.1, 0.15) is 0 Å². The van der Waals surface area contributed by atoms with Gasteiger partial charge in [-0.1, -0.05) is 41.5 Å². The maximum Gasteiger partial charge on any atom is 0.0591 e. The lowest BCUT2D eigenvalue weighted by Gasteiger charge is -2.22. The number of nitrogens with one attached hydrogen (secondary N) is 1. The van der Waals surface area contributed by atoms with E-state index in [0.29, 0.717) is 12.0 Å². The van der Waals surface area contributed by atoms with Crippen molar-refractivity contribution in [3.63, 3.8) is 0 Å². The highest BCUT2D eigenvalue weighted by molar-refractivity contribution is 4.70. The van der Waals surface area contributed by atoms with Gasteiger partial charge in [-0.2, -0.15) is 0 Å². The summed E-state index contributed by atoms with van der Waals surface area (Å²) >= 11 is 0.